The average Bonchev–Trinajstić information content (AvgIpc) is 3.32. The van der Waals surface area contributed by atoms with Crippen molar-refractivity contribution in [1.82, 2.24) is 14.9 Å². The van der Waals surface area contributed by atoms with Crippen LogP contribution in [0.3, 0.4) is 0 Å². The number of nitrogens with one attached hydrogen (secondary N) is 1. The van der Waals surface area contributed by atoms with Gasteiger partial charge in [0.15, 0.2) is 5.82 Å². The van der Waals surface area contributed by atoms with E-state index in [4.69, 9.17) is 19.4 Å². The number of piperazine rings is 1. The van der Waals surface area contributed by atoms with E-state index in [1.807, 2.05) is 11.8 Å². The van der Waals surface area contributed by atoms with Crippen LogP contribution in [-0.2, 0) is 9.47 Å². The Morgan fingerprint density at radius 3 is 2.15 bits per heavy atom. The monoisotopic (exact) mass is 841 g/mol. The summed E-state index contributed by atoms with van der Waals surface area (Å²) in [5.41, 5.74) is 4.92. The van der Waals surface area contributed by atoms with E-state index in [1.165, 1.54) is 6.07 Å². The van der Waals surface area contributed by atoms with Gasteiger partial charge in [0.1, 0.15) is 36.6 Å². The molecule has 4 aromatic rings. The molecule has 2 amide bonds. The number of nitrogens with zero attached hydrogens (tertiary/aromatic N) is 4. The van der Waals surface area contributed by atoms with Crippen molar-refractivity contribution in [2.45, 2.75) is 149 Å². The van der Waals surface area contributed by atoms with Crippen molar-refractivity contribution in [3.63, 3.8) is 0 Å². The van der Waals surface area contributed by atoms with E-state index < -0.39 is 55.2 Å². The summed E-state index contributed by atoms with van der Waals surface area (Å²) < 4.78 is 45.3. The Balaban J connectivity index is 1.56. The lowest BCUT2D eigenvalue weighted by atomic mass is 9.94. The molecule has 0 radical (unpaired) electrons. The first-order valence-electron chi connectivity index (χ1n) is 21.0. The predicted molar refractivity (Wildman–Crippen MR) is 238 cm³/mol. The average molecular weight is 842 g/mol. The Hall–Kier alpha value is -4.80. The van der Waals surface area contributed by atoms with Gasteiger partial charge in [0.05, 0.1) is 23.8 Å². The Labute approximate surface area is 354 Å². The number of aliphatic hydroxyl groups is 1. The zero-order valence-corrected chi connectivity index (χ0v) is 38.6. The lowest BCUT2D eigenvalue weighted by Crippen LogP contribution is -2.58. The van der Waals surface area contributed by atoms with Crippen LogP contribution in [0.2, 0.25) is 16.6 Å². The molecule has 322 valence electrons. The number of aromatic nitrogens is 2. The smallest absolute Gasteiger partial charge is 0.412 e. The Bertz CT molecular complexity index is 2390. The highest BCUT2D eigenvalue weighted by Gasteiger charge is 2.50. The molecular formula is C47H61F2N5O5Si. The summed E-state index contributed by atoms with van der Waals surface area (Å²) >= 11 is 0. The third-order valence-electron chi connectivity index (χ3n) is 12.1. The molecule has 0 spiro atoms. The number of carbonyl (C=O) groups excluding carboxylic acids is 2. The maximum absolute atomic E-state index is 17.7. The van der Waals surface area contributed by atoms with Gasteiger partial charge in [0, 0.05) is 52.4 Å². The zero-order chi connectivity index (χ0) is 44.4. The number of fused-ring (bicyclic) bond motifs is 4. The maximum atomic E-state index is 17.7. The first-order valence-corrected chi connectivity index (χ1v) is 23.3. The third kappa shape index (κ3) is 8.42. The normalized spacial score (nSPS) is 18.4. The number of rotatable bonds is 6. The van der Waals surface area contributed by atoms with Gasteiger partial charge in [0.25, 0.3) is 0 Å². The highest BCUT2D eigenvalue weighted by molar-refractivity contribution is 6.90. The summed E-state index contributed by atoms with van der Waals surface area (Å²) in [6.45, 7) is 28.1. The molecule has 60 heavy (non-hydrogen) atoms. The lowest BCUT2D eigenvalue weighted by Gasteiger charge is -2.42. The molecule has 10 nitrogen and oxygen atoms in total. The van der Waals surface area contributed by atoms with Crippen molar-refractivity contribution in [2.75, 3.05) is 23.3 Å². The van der Waals surface area contributed by atoms with Gasteiger partial charge in [-0.15, -0.1) is 5.54 Å². The Kier molecular flexibility index (Phi) is 12.1. The minimum absolute atomic E-state index is 0.0426. The molecule has 0 unspecified atom stereocenters. The summed E-state index contributed by atoms with van der Waals surface area (Å²) in [5.74, 6) is 2.62. The van der Waals surface area contributed by atoms with Crippen molar-refractivity contribution in [1.29, 1.82) is 0 Å². The maximum Gasteiger partial charge on any atom is 0.412 e. The highest BCUT2D eigenvalue weighted by Crippen LogP contribution is 2.43. The van der Waals surface area contributed by atoms with Crippen LogP contribution in [-0.4, -0.2) is 82.7 Å². The number of halogens is 2. The van der Waals surface area contributed by atoms with Crippen molar-refractivity contribution < 1.29 is 33.0 Å². The van der Waals surface area contributed by atoms with Crippen molar-refractivity contribution >= 4 is 53.3 Å². The first-order chi connectivity index (χ1) is 27.8. The topological polar surface area (TPSA) is 117 Å². The molecule has 6 rings (SSSR count). The second-order valence-corrected chi connectivity index (χ2v) is 25.1. The molecule has 2 bridgehead atoms. The minimum Gasteiger partial charge on any atom is -0.444 e. The van der Waals surface area contributed by atoms with Crippen LogP contribution in [0.5, 0.6) is 0 Å². The fraction of sp³-hybridized carbons (Fsp3) is 0.532. The van der Waals surface area contributed by atoms with Gasteiger partial charge in [-0.25, -0.2) is 23.4 Å². The van der Waals surface area contributed by atoms with Crippen molar-refractivity contribution in [2.24, 2.45) is 0 Å². The minimum atomic E-state index is -2.34. The molecule has 2 fully saturated rings. The van der Waals surface area contributed by atoms with Crippen LogP contribution in [0.15, 0.2) is 30.5 Å². The Morgan fingerprint density at radius 2 is 1.57 bits per heavy atom. The molecule has 2 aliphatic rings. The molecule has 4 heterocycles. The van der Waals surface area contributed by atoms with Gasteiger partial charge in [-0.3, -0.25) is 15.2 Å². The summed E-state index contributed by atoms with van der Waals surface area (Å²) in [4.78, 5) is 39.7. The van der Waals surface area contributed by atoms with Gasteiger partial charge < -0.3 is 19.5 Å². The fourth-order valence-electron chi connectivity index (χ4n) is 9.49. The molecule has 2 saturated heterocycles. The molecule has 13 heteroatoms. The fourth-order valence-corrected chi connectivity index (χ4v) is 14.7. The van der Waals surface area contributed by atoms with E-state index in [1.54, 1.807) is 77.8 Å². The van der Waals surface area contributed by atoms with Crippen LogP contribution in [0.1, 0.15) is 106 Å². The number of anilines is 2. The third-order valence-corrected chi connectivity index (χ3v) is 18.4. The van der Waals surface area contributed by atoms with Crippen LogP contribution >= 0.6 is 0 Å². The summed E-state index contributed by atoms with van der Waals surface area (Å²) in [6, 6.07) is 5.37. The molecule has 2 N–H and O–H groups in total. The van der Waals surface area contributed by atoms with Gasteiger partial charge in [-0.1, -0.05) is 53.5 Å². The van der Waals surface area contributed by atoms with Crippen LogP contribution < -0.4 is 10.2 Å². The van der Waals surface area contributed by atoms with Gasteiger partial charge in [-0.2, -0.15) is 0 Å². The predicted octanol–water partition coefficient (Wildman–Crippen LogP) is 10.8. The number of hydrogen-bond donors (Lipinski definition) is 2. The second-order valence-electron chi connectivity index (χ2n) is 19.5. The molecule has 0 saturated carbocycles. The second kappa shape index (κ2) is 16.2. The molecule has 0 aliphatic carbocycles. The number of benzene rings is 2. The summed E-state index contributed by atoms with van der Waals surface area (Å²) in [5, 5.41) is 15.6. The van der Waals surface area contributed by atoms with E-state index in [0.717, 1.165) is 0 Å². The van der Waals surface area contributed by atoms with Gasteiger partial charge in [0.2, 0.25) is 0 Å². The lowest BCUT2D eigenvalue weighted by molar-refractivity contribution is 0.00603. The number of pyridine rings is 2. The number of aliphatic hydroxyl groups excluding tert-OH is 1. The molecule has 2 aromatic carbocycles. The molecule has 3 atom stereocenters. The van der Waals surface area contributed by atoms with Gasteiger partial charge in [-0.05, 0) is 108 Å². The van der Waals surface area contributed by atoms with E-state index in [0.29, 0.717) is 73.9 Å². The molecule has 2 aromatic heterocycles. The summed E-state index contributed by atoms with van der Waals surface area (Å²) in [6.07, 6.45) is 0.00755. The largest absolute Gasteiger partial charge is 0.444 e. The number of ether oxygens (including phenoxy) is 2. The zero-order valence-electron chi connectivity index (χ0n) is 37.6. The number of carbonyl (C=O) groups is 2. The standard InChI is InChI=1S/C47H61F2N5O5Si/c1-25(2)60(26(3)4,27(5)6)18-17-33-36(48)16-15-30-19-31(52-44(56)58-46(9,10)11)20-34(40(30)33)42-41(49)39-28(7)29(8)51-43(35(39)22-50-42)53-23-32-21-38(55)37(24-53)54(32)45(57)59-47(12,13)14/h15-16,19-20,22,25-27,32,37-38,55H,21,23-24H2,1-14H3,(H,52,56)/t32-,37-,38-/m1/s1. The van der Waals surface area contributed by atoms with Crippen LogP contribution in [0.25, 0.3) is 32.8 Å². The van der Waals surface area contributed by atoms with Gasteiger partial charge >= 0.3 is 12.2 Å². The molecule has 2 aliphatic heterocycles. The number of hydrogen-bond acceptors (Lipinski definition) is 8. The Morgan fingerprint density at radius 1 is 0.933 bits per heavy atom. The highest BCUT2D eigenvalue weighted by atomic mass is 28.3. The van der Waals surface area contributed by atoms with Crippen molar-refractivity contribution in [3.8, 4) is 22.7 Å². The van der Waals surface area contributed by atoms with Crippen LogP contribution in [0.4, 0.5) is 29.9 Å². The molecular weight excluding hydrogens is 781 g/mol. The first kappa shape index (κ1) is 44.7. The van der Waals surface area contributed by atoms with Crippen LogP contribution in [0, 0.1) is 36.9 Å². The SMILES string of the molecule is Cc1nc(N2C[C@H]3C[C@@H](O)[C@@H](C2)N3C(=O)OC(C)(C)C)c2cnc(-c3cc(NC(=O)OC(C)(C)C)cc4ccc(F)c(C#C[Si](C(C)C)(C(C)C)C(C)C)c34)c(F)c2c1C. The van der Waals surface area contributed by atoms with E-state index in [2.05, 4.69) is 58.3 Å². The summed E-state index contributed by atoms with van der Waals surface area (Å²) in [7, 11) is -2.34. The number of amides is 2. The number of aryl methyl sites for hydroxylation is 2. The van der Waals surface area contributed by atoms with Crippen molar-refractivity contribution in [3.05, 3.63) is 58.9 Å². The van der Waals surface area contributed by atoms with E-state index in [9.17, 15) is 14.7 Å². The van der Waals surface area contributed by atoms with E-state index in [-0.39, 0.29) is 29.4 Å². The quantitative estimate of drug-likeness (QED) is 0.146. The van der Waals surface area contributed by atoms with E-state index >= 15 is 8.78 Å².